The van der Waals surface area contributed by atoms with Crippen LogP contribution < -0.4 is 10.1 Å². The van der Waals surface area contributed by atoms with Crippen molar-refractivity contribution in [1.29, 1.82) is 0 Å². The lowest BCUT2D eigenvalue weighted by Gasteiger charge is -2.10. The van der Waals surface area contributed by atoms with Gasteiger partial charge in [0.1, 0.15) is 12.4 Å². The molecule has 0 fully saturated rings. The van der Waals surface area contributed by atoms with Gasteiger partial charge in [0.15, 0.2) is 0 Å². The zero-order valence-electron chi connectivity index (χ0n) is 15.1. The third-order valence-electron chi connectivity index (χ3n) is 3.77. The molecule has 2 N–H and O–H groups in total. The summed E-state index contributed by atoms with van der Waals surface area (Å²) in [7, 11) is 0. The van der Waals surface area contributed by atoms with E-state index in [-0.39, 0.29) is 12.3 Å². The van der Waals surface area contributed by atoms with Crippen LogP contribution in [0, 0.1) is 6.92 Å². The molecule has 0 spiro atoms. The monoisotopic (exact) mass is 431 g/mol. The van der Waals surface area contributed by atoms with Crippen molar-refractivity contribution in [3.63, 3.8) is 0 Å². The molecule has 0 aromatic heterocycles. The van der Waals surface area contributed by atoms with Crippen LogP contribution in [0.5, 0.6) is 5.75 Å². The van der Waals surface area contributed by atoms with E-state index in [0.29, 0.717) is 25.3 Å². The van der Waals surface area contributed by atoms with Crippen molar-refractivity contribution in [3.05, 3.63) is 69.7 Å². The van der Waals surface area contributed by atoms with Crippen molar-refractivity contribution in [3.8, 4) is 5.75 Å². The van der Waals surface area contributed by atoms with Crippen molar-refractivity contribution in [2.24, 2.45) is 0 Å². The van der Waals surface area contributed by atoms with Gasteiger partial charge in [0, 0.05) is 29.1 Å². The zero-order valence-corrected chi connectivity index (χ0v) is 16.7. The Morgan fingerprint density at radius 2 is 1.93 bits per heavy atom. The molecule has 1 amide bonds. The maximum Gasteiger partial charge on any atom is 0.303 e. The van der Waals surface area contributed by atoms with E-state index < -0.39 is 5.97 Å². The average molecular weight is 432 g/mol. The average Bonchev–Trinajstić information content (AvgIpc) is 2.64. The van der Waals surface area contributed by atoms with E-state index in [0.717, 1.165) is 15.6 Å². The molecule has 0 saturated heterocycles. The number of carbonyl (C=O) groups excluding carboxylic acids is 1. The predicted octanol–water partition coefficient (Wildman–Crippen LogP) is 4.33. The molecule has 0 aliphatic rings. The molecule has 6 heteroatoms. The largest absolute Gasteiger partial charge is 0.488 e. The highest BCUT2D eigenvalue weighted by atomic mass is 79.9. The lowest BCUT2D eigenvalue weighted by atomic mass is 10.1. The maximum absolute atomic E-state index is 11.9. The smallest absolute Gasteiger partial charge is 0.303 e. The van der Waals surface area contributed by atoms with Crippen LogP contribution in [-0.2, 0) is 16.2 Å². The third kappa shape index (κ3) is 7.66. The SMILES string of the molecule is Cc1ccc(COc2ccc(Br)cc2/C=C/C(=O)NCCCC(=O)O)cc1. The van der Waals surface area contributed by atoms with E-state index in [1.54, 1.807) is 6.08 Å². The van der Waals surface area contributed by atoms with E-state index >= 15 is 0 Å². The Morgan fingerprint density at radius 1 is 1.19 bits per heavy atom. The highest BCUT2D eigenvalue weighted by Crippen LogP contribution is 2.25. The molecule has 0 aliphatic carbocycles. The van der Waals surface area contributed by atoms with Gasteiger partial charge in [-0.2, -0.15) is 0 Å². The molecule has 142 valence electrons. The summed E-state index contributed by atoms with van der Waals surface area (Å²) in [6.45, 7) is 2.80. The van der Waals surface area contributed by atoms with Crippen molar-refractivity contribution in [2.45, 2.75) is 26.4 Å². The number of carbonyl (C=O) groups is 2. The number of halogens is 1. The van der Waals surface area contributed by atoms with Gasteiger partial charge in [-0.25, -0.2) is 0 Å². The minimum absolute atomic E-state index is 0.0344. The van der Waals surface area contributed by atoms with Gasteiger partial charge in [0.05, 0.1) is 0 Å². The fourth-order valence-corrected chi connectivity index (χ4v) is 2.68. The number of ether oxygens (including phenoxy) is 1. The number of benzene rings is 2. The summed E-state index contributed by atoms with van der Waals surface area (Å²) in [5, 5.41) is 11.3. The van der Waals surface area contributed by atoms with Crippen molar-refractivity contribution >= 4 is 33.9 Å². The first-order valence-corrected chi connectivity index (χ1v) is 9.39. The molecule has 27 heavy (non-hydrogen) atoms. The number of hydrogen-bond acceptors (Lipinski definition) is 3. The van der Waals surface area contributed by atoms with Gasteiger partial charge in [-0.05, 0) is 43.2 Å². The molecule has 2 aromatic rings. The Labute approximate surface area is 167 Å². The van der Waals surface area contributed by atoms with Gasteiger partial charge in [0.2, 0.25) is 5.91 Å². The lowest BCUT2D eigenvalue weighted by molar-refractivity contribution is -0.137. The minimum atomic E-state index is -0.871. The first-order chi connectivity index (χ1) is 12.9. The number of aryl methyl sites for hydroxylation is 1. The Balaban J connectivity index is 1.96. The normalized spacial score (nSPS) is 10.7. The van der Waals surface area contributed by atoms with E-state index in [9.17, 15) is 9.59 Å². The molecule has 0 aliphatic heterocycles. The summed E-state index contributed by atoms with van der Waals surface area (Å²) >= 11 is 3.43. The van der Waals surface area contributed by atoms with Crippen LogP contribution in [0.15, 0.2) is 53.0 Å². The summed E-state index contributed by atoms with van der Waals surface area (Å²) < 4.78 is 6.79. The number of carboxylic acid groups (broad SMARTS) is 1. The Kier molecular flexibility index (Phi) is 8.07. The van der Waals surface area contributed by atoms with Gasteiger partial charge < -0.3 is 15.2 Å². The standard InChI is InChI=1S/C21H22BrNO4/c1-15-4-6-16(7-5-15)14-27-19-10-9-18(22)13-17(19)8-11-20(24)23-12-2-3-21(25)26/h4-11,13H,2-3,12,14H2,1H3,(H,23,24)(H,25,26)/b11-8+. The zero-order chi connectivity index (χ0) is 19.6. The fourth-order valence-electron chi connectivity index (χ4n) is 2.30. The maximum atomic E-state index is 11.9. The number of hydrogen-bond donors (Lipinski definition) is 2. The molecule has 0 radical (unpaired) electrons. The van der Waals surface area contributed by atoms with Gasteiger partial charge in [-0.1, -0.05) is 45.8 Å². The van der Waals surface area contributed by atoms with E-state index in [1.807, 2.05) is 49.4 Å². The first kappa shape index (κ1) is 20.7. The van der Waals surface area contributed by atoms with Gasteiger partial charge in [-0.3, -0.25) is 9.59 Å². The number of aliphatic carboxylic acids is 1. The first-order valence-electron chi connectivity index (χ1n) is 8.59. The van der Waals surface area contributed by atoms with E-state index in [2.05, 4.69) is 21.2 Å². The molecule has 2 rings (SSSR count). The summed E-state index contributed by atoms with van der Waals surface area (Å²) in [5.41, 5.74) is 3.03. The summed E-state index contributed by atoms with van der Waals surface area (Å²) in [6, 6.07) is 13.7. The highest BCUT2D eigenvalue weighted by Gasteiger charge is 2.04. The van der Waals surface area contributed by atoms with Crippen LogP contribution in [-0.4, -0.2) is 23.5 Å². The fraction of sp³-hybridized carbons (Fsp3) is 0.238. The van der Waals surface area contributed by atoms with E-state index in [4.69, 9.17) is 9.84 Å². The van der Waals surface area contributed by atoms with Crippen LogP contribution in [0.1, 0.15) is 29.5 Å². The number of carboxylic acids is 1. The Bertz CT molecular complexity index is 815. The molecular weight excluding hydrogens is 410 g/mol. The quantitative estimate of drug-likeness (QED) is 0.457. The second-order valence-corrected chi connectivity index (χ2v) is 6.99. The van der Waals surface area contributed by atoms with Gasteiger partial charge >= 0.3 is 5.97 Å². The lowest BCUT2D eigenvalue weighted by Crippen LogP contribution is -2.22. The van der Waals surface area contributed by atoms with Crippen LogP contribution in [0.25, 0.3) is 6.08 Å². The molecule has 2 aromatic carbocycles. The Hall–Kier alpha value is -2.60. The van der Waals surface area contributed by atoms with Crippen LogP contribution in [0.2, 0.25) is 0 Å². The molecule has 0 bridgehead atoms. The van der Waals surface area contributed by atoms with Crippen molar-refractivity contribution in [1.82, 2.24) is 5.32 Å². The molecular formula is C21H22BrNO4. The van der Waals surface area contributed by atoms with Gasteiger partial charge in [0.25, 0.3) is 0 Å². The molecule has 0 heterocycles. The molecule has 5 nitrogen and oxygen atoms in total. The second kappa shape index (κ2) is 10.5. The predicted molar refractivity (Wildman–Crippen MR) is 109 cm³/mol. The molecule has 0 saturated carbocycles. The molecule has 0 atom stereocenters. The molecule has 0 unspecified atom stereocenters. The number of rotatable bonds is 9. The van der Waals surface area contributed by atoms with Crippen molar-refractivity contribution in [2.75, 3.05) is 6.54 Å². The van der Waals surface area contributed by atoms with Gasteiger partial charge in [-0.15, -0.1) is 0 Å². The highest BCUT2D eigenvalue weighted by molar-refractivity contribution is 9.10. The summed E-state index contributed by atoms with van der Waals surface area (Å²) in [6.07, 6.45) is 3.53. The summed E-state index contributed by atoms with van der Waals surface area (Å²) in [4.78, 5) is 22.3. The van der Waals surface area contributed by atoms with Crippen LogP contribution in [0.3, 0.4) is 0 Å². The number of nitrogens with one attached hydrogen (secondary N) is 1. The van der Waals surface area contributed by atoms with Crippen LogP contribution in [0.4, 0.5) is 0 Å². The second-order valence-electron chi connectivity index (χ2n) is 6.08. The van der Waals surface area contributed by atoms with Crippen molar-refractivity contribution < 1.29 is 19.4 Å². The van der Waals surface area contributed by atoms with Crippen LogP contribution >= 0.6 is 15.9 Å². The third-order valence-corrected chi connectivity index (χ3v) is 4.26. The topological polar surface area (TPSA) is 75.6 Å². The minimum Gasteiger partial charge on any atom is -0.488 e. The summed E-state index contributed by atoms with van der Waals surface area (Å²) in [5.74, 6) is -0.470. The number of amides is 1. The Morgan fingerprint density at radius 3 is 2.63 bits per heavy atom. The van der Waals surface area contributed by atoms with E-state index in [1.165, 1.54) is 11.6 Å².